The highest BCUT2D eigenvalue weighted by atomic mass is 16.4. The van der Waals surface area contributed by atoms with Gasteiger partial charge >= 0.3 is 5.97 Å². The smallest absolute Gasteiger partial charge is 0.323 e. The lowest BCUT2D eigenvalue weighted by molar-refractivity contribution is -0.136. The summed E-state index contributed by atoms with van der Waals surface area (Å²) in [7, 11) is 0. The molecule has 0 saturated carbocycles. The highest BCUT2D eigenvalue weighted by molar-refractivity contribution is 5.97. The number of nitrogens with zero attached hydrogens (tertiary/aromatic N) is 1. The van der Waals surface area contributed by atoms with Gasteiger partial charge in [0.2, 0.25) is 5.91 Å². The van der Waals surface area contributed by atoms with Crippen LogP contribution in [0, 0.1) is 0 Å². The summed E-state index contributed by atoms with van der Waals surface area (Å²) in [5.74, 6) is -1.18. The third-order valence-electron chi connectivity index (χ3n) is 2.75. The molecule has 0 aliphatic carbocycles. The molecule has 0 atom stereocenters. The molecular weight excluding hydrogens is 246 g/mol. The fourth-order valence-corrected chi connectivity index (χ4v) is 1.75. The summed E-state index contributed by atoms with van der Waals surface area (Å²) in [5.41, 5.74) is 0.488. The number of carbonyl (C=O) groups is 2. The van der Waals surface area contributed by atoms with Gasteiger partial charge in [0.05, 0.1) is 0 Å². The summed E-state index contributed by atoms with van der Waals surface area (Å²) in [6, 6.07) is 5.94. The summed E-state index contributed by atoms with van der Waals surface area (Å²) >= 11 is 0. The average Bonchev–Trinajstić information content (AvgIpc) is 2.37. The van der Waals surface area contributed by atoms with Crippen LogP contribution in [0.3, 0.4) is 0 Å². The molecule has 5 heteroatoms. The molecule has 5 nitrogen and oxygen atoms in total. The molecule has 0 spiro atoms. The maximum atomic E-state index is 12.0. The highest BCUT2D eigenvalue weighted by Gasteiger charge is 2.18. The second-order valence-corrected chi connectivity index (χ2v) is 4.35. The first-order valence-corrected chi connectivity index (χ1v) is 6.35. The third-order valence-corrected chi connectivity index (χ3v) is 2.75. The van der Waals surface area contributed by atoms with Gasteiger partial charge in [-0.05, 0) is 30.7 Å². The van der Waals surface area contributed by atoms with Crippen molar-refractivity contribution in [2.24, 2.45) is 0 Å². The van der Waals surface area contributed by atoms with Crippen LogP contribution in [0.25, 0.3) is 0 Å². The predicted octanol–water partition coefficient (Wildman–Crippen LogP) is 2.39. The molecule has 0 saturated heterocycles. The van der Waals surface area contributed by atoms with Crippen LogP contribution in [0.1, 0.15) is 32.6 Å². The summed E-state index contributed by atoms with van der Waals surface area (Å²) < 4.78 is 0. The molecule has 0 fully saturated rings. The molecular formula is C14H19NO4. The molecule has 1 aromatic carbocycles. The molecule has 104 valence electrons. The quantitative estimate of drug-likeness (QED) is 0.742. The Morgan fingerprint density at radius 3 is 2.32 bits per heavy atom. The number of hydrogen-bond acceptors (Lipinski definition) is 3. The number of hydrogen-bond donors (Lipinski definition) is 2. The Labute approximate surface area is 112 Å². The molecule has 1 aromatic rings. The Morgan fingerprint density at radius 2 is 1.79 bits per heavy atom. The standard InChI is InChI=1S/C14H19NO4/c1-2-3-4-5-13(17)15(10-14(18)19)11-6-8-12(16)9-7-11/h6-9,16H,2-5,10H2,1H3,(H,18,19). The van der Waals surface area contributed by atoms with Crippen molar-refractivity contribution in [3.8, 4) is 5.75 Å². The molecule has 1 amide bonds. The number of rotatable bonds is 7. The van der Waals surface area contributed by atoms with Gasteiger partial charge in [-0.2, -0.15) is 0 Å². The first kappa shape index (κ1) is 15.0. The van der Waals surface area contributed by atoms with Gasteiger partial charge in [-0.1, -0.05) is 19.8 Å². The lowest BCUT2D eigenvalue weighted by atomic mass is 10.1. The van der Waals surface area contributed by atoms with Gasteiger partial charge in [-0.3, -0.25) is 9.59 Å². The van der Waals surface area contributed by atoms with Crippen LogP contribution >= 0.6 is 0 Å². The van der Waals surface area contributed by atoms with E-state index < -0.39 is 5.97 Å². The summed E-state index contributed by atoms with van der Waals surface area (Å²) in [5, 5.41) is 18.1. The van der Waals surface area contributed by atoms with E-state index in [9.17, 15) is 14.7 Å². The van der Waals surface area contributed by atoms with Crippen molar-refractivity contribution in [1.29, 1.82) is 0 Å². The van der Waals surface area contributed by atoms with Gasteiger partial charge in [-0.15, -0.1) is 0 Å². The van der Waals surface area contributed by atoms with Crippen molar-refractivity contribution in [3.05, 3.63) is 24.3 Å². The van der Waals surface area contributed by atoms with Gasteiger partial charge in [0.25, 0.3) is 0 Å². The number of anilines is 1. The summed E-state index contributed by atoms with van der Waals surface area (Å²) in [6.07, 6.45) is 3.04. The Morgan fingerprint density at radius 1 is 1.16 bits per heavy atom. The molecule has 2 N–H and O–H groups in total. The molecule has 0 aromatic heterocycles. The molecule has 0 heterocycles. The van der Waals surface area contributed by atoms with Crippen LogP contribution in [0.4, 0.5) is 5.69 Å². The molecule has 0 unspecified atom stereocenters. The van der Waals surface area contributed by atoms with Crippen LogP contribution in [0.2, 0.25) is 0 Å². The molecule has 0 aliphatic heterocycles. The van der Waals surface area contributed by atoms with E-state index in [0.717, 1.165) is 19.3 Å². The molecule has 0 radical (unpaired) electrons. The Bertz CT molecular complexity index is 428. The minimum Gasteiger partial charge on any atom is -0.508 e. The number of carboxylic acids is 1. The number of phenolic OH excluding ortho intramolecular Hbond substituents is 1. The van der Waals surface area contributed by atoms with Gasteiger partial charge in [0.1, 0.15) is 12.3 Å². The molecule has 1 rings (SSSR count). The Balaban J connectivity index is 2.79. The van der Waals surface area contributed by atoms with Gasteiger partial charge < -0.3 is 15.1 Å². The second kappa shape index (κ2) is 7.41. The zero-order valence-electron chi connectivity index (χ0n) is 11.0. The largest absolute Gasteiger partial charge is 0.508 e. The average molecular weight is 265 g/mol. The summed E-state index contributed by atoms with van der Waals surface area (Å²) in [6.45, 7) is 1.68. The zero-order valence-corrected chi connectivity index (χ0v) is 11.0. The topological polar surface area (TPSA) is 77.8 Å². The second-order valence-electron chi connectivity index (χ2n) is 4.35. The lowest BCUT2D eigenvalue weighted by Gasteiger charge is -2.21. The first-order valence-electron chi connectivity index (χ1n) is 6.35. The maximum absolute atomic E-state index is 12.0. The Kier molecular flexibility index (Phi) is 5.85. The molecule has 0 aliphatic rings. The lowest BCUT2D eigenvalue weighted by Crippen LogP contribution is -2.35. The number of benzene rings is 1. The fourth-order valence-electron chi connectivity index (χ4n) is 1.75. The first-order chi connectivity index (χ1) is 9.04. The van der Waals surface area contributed by atoms with E-state index in [1.54, 1.807) is 0 Å². The van der Waals surface area contributed by atoms with Crippen molar-refractivity contribution >= 4 is 17.6 Å². The van der Waals surface area contributed by atoms with Crippen molar-refractivity contribution < 1.29 is 19.8 Å². The van der Waals surface area contributed by atoms with Crippen LogP contribution < -0.4 is 4.90 Å². The fraction of sp³-hybridized carbons (Fsp3) is 0.429. The van der Waals surface area contributed by atoms with Crippen molar-refractivity contribution in [2.75, 3.05) is 11.4 Å². The number of amides is 1. The number of carbonyl (C=O) groups excluding carboxylic acids is 1. The van der Waals surface area contributed by atoms with Crippen molar-refractivity contribution in [3.63, 3.8) is 0 Å². The zero-order chi connectivity index (χ0) is 14.3. The summed E-state index contributed by atoms with van der Waals surface area (Å²) in [4.78, 5) is 24.1. The SMILES string of the molecule is CCCCCC(=O)N(CC(=O)O)c1ccc(O)cc1. The van der Waals surface area contributed by atoms with Gasteiger partial charge in [-0.25, -0.2) is 0 Å². The monoisotopic (exact) mass is 265 g/mol. The predicted molar refractivity (Wildman–Crippen MR) is 72.2 cm³/mol. The van der Waals surface area contributed by atoms with E-state index in [1.807, 2.05) is 6.92 Å². The van der Waals surface area contributed by atoms with E-state index >= 15 is 0 Å². The van der Waals surface area contributed by atoms with Gasteiger partial charge in [0.15, 0.2) is 0 Å². The maximum Gasteiger partial charge on any atom is 0.323 e. The van der Waals surface area contributed by atoms with Crippen LogP contribution in [-0.2, 0) is 9.59 Å². The van der Waals surface area contributed by atoms with Crippen LogP contribution in [0.15, 0.2) is 24.3 Å². The van der Waals surface area contributed by atoms with E-state index in [1.165, 1.54) is 29.2 Å². The van der Waals surface area contributed by atoms with Crippen molar-refractivity contribution in [1.82, 2.24) is 0 Å². The highest BCUT2D eigenvalue weighted by Crippen LogP contribution is 2.19. The third kappa shape index (κ3) is 4.99. The van der Waals surface area contributed by atoms with E-state index in [-0.39, 0.29) is 18.2 Å². The number of phenols is 1. The molecule has 0 bridgehead atoms. The van der Waals surface area contributed by atoms with Crippen molar-refractivity contribution in [2.45, 2.75) is 32.6 Å². The Hall–Kier alpha value is -2.04. The number of aromatic hydroxyl groups is 1. The molecule has 19 heavy (non-hydrogen) atoms. The van der Waals surface area contributed by atoms with Crippen LogP contribution in [-0.4, -0.2) is 28.6 Å². The van der Waals surface area contributed by atoms with E-state index in [2.05, 4.69) is 0 Å². The normalized spacial score (nSPS) is 10.2. The minimum atomic E-state index is -1.06. The van der Waals surface area contributed by atoms with Gasteiger partial charge in [0, 0.05) is 12.1 Å². The number of aliphatic carboxylic acids is 1. The number of unbranched alkanes of at least 4 members (excludes halogenated alkanes) is 2. The minimum absolute atomic E-state index is 0.0810. The number of carboxylic acid groups (broad SMARTS) is 1. The van der Waals surface area contributed by atoms with E-state index in [4.69, 9.17) is 5.11 Å². The van der Waals surface area contributed by atoms with Crippen LogP contribution in [0.5, 0.6) is 5.75 Å². The van der Waals surface area contributed by atoms with E-state index in [0.29, 0.717) is 12.1 Å².